The fourth-order valence-corrected chi connectivity index (χ4v) is 2.31. The van der Waals surface area contributed by atoms with E-state index in [1.807, 2.05) is 4.90 Å². The number of nitrogen functional groups attached to an aromatic ring is 1. The van der Waals surface area contributed by atoms with Gasteiger partial charge in [0.2, 0.25) is 0 Å². The number of benzene rings is 1. The Morgan fingerprint density at radius 1 is 1.50 bits per heavy atom. The molecule has 0 unspecified atom stereocenters. The maximum Gasteiger partial charge on any atom is 0.254 e. The molecule has 1 amide bonds. The predicted molar refractivity (Wildman–Crippen MR) is 77.5 cm³/mol. The van der Waals surface area contributed by atoms with E-state index in [0.29, 0.717) is 17.2 Å². The summed E-state index contributed by atoms with van der Waals surface area (Å²) in [6.07, 6.45) is 2.50. The molecule has 0 bridgehead atoms. The molecule has 1 aliphatic rings. The average Bonchev–Trinajstić information content (AvgIpc) is 3.12. The fourth-order valence-electron chi connectivity index (χ4n) is 1.93. The zero-order chi connectivity index (χ0) is 13.3. The molecule has 0 radical (unpaired) electrons. The lowest BCUT2D eigenvalue weighted by Gasteiger charge is -2.27. The van der Waals surface area contributed by atoms with Gasteiger partial charge in [-0.1, -0.05) is 0 Å². The highest BCUT2D eigenvalue weighted by atomic mass is 79.9. The third-order valence-electron chi connectivity index (χ3n) is 3.28. The normalized spacial score (nSPS) is 14.9. The van der Waals surface area contributed by atoms with Gasteiger partial charge in [0, 0.05) is 28.3 Å². The third kappa shape index (κ3) is 3.05. The molecule has 2 rings (SSSR count). The van der Waals surface area contributed by atoms with Crippen molar-refractivity contribution >= 4 is 27.5 Å². The minimum atomic E-state index is 0.0950. The first-order chi connectivity index (χ1) is 8.49. The Balaban J connectivity index is 2.18. The molecule has 3 nitrogen and oxygen atoms in total. The lowest BCUT2D eigenvalue weighted by Crippen LogP contribution is -2.38. The van der Waals surface area contributed by atoms with E-state index in [0.717, 1.165) is 11.0 Å². The summed E-state index contributed by atoms with van der Waals surface area (Å²) in [7, 11) is 0. The van der Waals surface area contributed by atoms with Gasteiger partial charge >= 0.3 is 0 Å². The van der Waals surface area contributed by atoms with Crippen LogP contribution in [0.15, 0.2) is 22.7 Å². The fraction of sp³-hybridized carbons (Fsp3) is 0.500. The maximum atomic E-state index is 12.5. The van der Waals surface area contributed by atoms with Gasteiger partial charge in [0.1, 0.15) is 0 Å². The van der Waals surface area contributed by atoms with Crippen molar-refractivity contribution in [1.29, 1.82) is 0 Å². The Morgan fingerprint density at radius 2 is 2.17 bits per heavy atom. The van der Waals surface area contributed by atoms with E-state index >= 15 is 0 Å². The van der Waals surface area contributed by atoms with Crippen molar-refractivity contribution < 1.29 is 4.79 Å². The van der Waals surface area contributed by atoms with Gasteiger partial charge in [-0.05, 0) is 66.7 Å². The summed E-state index contributed by atoms with van der Waals surface area (Å²) in [4.78, 5) is 14.4. The van der Waals surface area contributed by atoms with Crippen molar-refractivity contribution in [2.45, 2.75) is 32.7 Å². The monoisotopic (exact) mass is 310 g/mol. The van der Waals surface area contributed by atoms with Crippen LogP contribution in [-0.2, 0) is 0 Å². The highest BCUT2D eigenvalue weighted by Gasteiger charge is 2.28. The zero-order valence-corrected chi connectivity index (χ0v) is 12.4. The van der Waals surface area contributed by atoms with Crippen LogP contribution in [0.2, 0.25) is 0 Å². The lowest BCUT2D eigenvalue weighted by molar-refractivity contribution is 0.0696. The summed E-state index contributed by atoms with van der Waals surface area (Å²) >= 11 is 3.37. The van der Waals surface area contributed by atoms with Crippen molar-refractivity contribution in [1.82, 2.24) is 4.90 Å². The van der Waals surface area contributed by atoms with E-state index < -0.39 is 0 Å². The van der Waals surface area contributed by atoms with E-state index in [-0.39, 0.29) is 11.9 Å². The number of nitrogens with zero attached hydrogens (tertiary/aromatic N) is 1. The molecule has 0 saturated heterocycles. The van der Waals surface area contributed by atoms with Gasteiger partial charge in [0.25, 0.3) is 5.91 Å². The Bertz CT molecular complexity index is 455. The Kier molecular flexibility index (Phi) is 3.95. The molecule has 1 aliphatic carbocycles. The van der Waals surface area contributed by atoms with Crippen LogP contribution >= 0.6 is 15.9 Å². The van der Waals surface area contributed by atoms with Crippen LogP contribution in [0.25, 0.3) is 0 Å². The topological polar surface area (TPSA) is 46.3 Å². The van der Waals surface area contributed by atoms with Crippen LogP contribution in [0.5, 0.6) is 0 Å². The first-order valence-electron chi connectivity index (χ1n) is 6.35. The first-order valence-corrected chi connectivity index (χ1v) is 7.14. The van der Waals surface area contributed by atoms with E-state index in [1.54, 1.807) is 18.2 Å². The van der Waals surface area contributed by atoms with Crippen LogP contribution in [0.4, 0.5) is 5.69 Å². The van der Waals surface area contributed by atoms with E-state index in [9.17, 15) is 4.79 Å². The number of carbonyl (C=O) groups is 1. The molecule has 98 valence electrons. The Hall–Kier alpha value is -1.03. The van der Waals surface area contributed by atoms with Crippen LogP contribution < -0.4 is 5.73 Å². The van der Waals surface area contributed by atoms with E-state index in [2.05, 4.69) is 29.8 Å². The summed E-state index contributed by atoms with van der Waals surface area (Å²) in [6.45, 7) is 5.00. The van der Waals surface area contributed by atoms with Gasteiger partial charge < -0.3 is 10.6 Å². The van der Waals surface area contributed by atoms with Crippen molar-refractivity contribution in [3.8, 4) is 0 Å². The molecule has 1 aromatic carbocycles. The van der Waals surface area contributed by atoms with E-state index in [4.69, 9.17) is 5.73 Å². The quantitative estimate of drug-likeness (QED) is 0.867. The van der Waals surface area contributed by atoms with Gasteiger partial charge in [-0.3, -0.25) is 4.79 Å². The molecule has 0 spiro atoms. The highest BCUT2D eigenvalue weighted by Crippen LogP contribution is 2.31. The maximum absolute atomic E-state index is 12.5. The molecular formula is C14H19BrN2O. The second kappa shape index (κ2) is 5.31. The van der Waals surface area contributed by atoms with Crippen molar-refractivity contribution in [3.63, 3.8) is 0 Å². The number of carbonyl (C=O) groups excluding carboxylic acids is 1. The molecule has 0 aromatic heterocycles. The van der Waals surface area contributed by atoms with Crippen LogP contribution in [0.3, 0.4) is 0 Å². The number of anilines is 1. The zero-order valence-electron chi connectivity index (χ0n) is 10.8. The summed E-state index contributed by atoms with van der Waals surface area (Å²) in [5.41, 5.74) is 7.10. The molecule has 1 saturated carbocycles. The second-order valence-electron chi connectivity index (χ2n) is 5.23. The molecule has 2 N–H and O–H groups in total. The number of amides is 1. The summed E-state index contributed by atoms with van der Waals surface area (Å²) in [5, 5.41) is 0. The smallest absolute Gasteiger partial charge is 0.254 e. The largest absolute Gasteiger partial charge is 0.398 e. The molecule has 4 heteroatoms. The molecule has 0 heterocycles. The minimum Gasteiger partial charge on any atom is -0.398 e. The van der Waals surface area contributed by atoms with E-state index in [1.165, 1.54) is 12.8 Å². The van der Waals surface area contributed by atoms with Gasteiger partial charge in [-0.15, -0.1) is 0 Å². The molecule has 1 aromatic rings. The molecular weight excluding hydrogens is 292 g/mol. The van der Waals surface area contributed by atoms with Crippen molar-refractivity contribution in [3.05, 3.63) is 28.2 Å². The Morgan fingerprint density at radius 3 is 2.67 bits per heavy atom. The standard InChI is InChI=1S/C14H19BrN2O/c1-9(2)17(8-10-3-4-10)14(18)11-5-6-13(16)12(15)7-11/h5-7,9-10H,3-4,8,16H2,1-2H3. The summed E-state index contributed by atoms with van der Waals surface area (Å²) in [5.74, 6) is 0.797. The van der Waals surface area contributed by atoms with Crippen molar-refractivity contribution in [2.24, 2.45) is 5.92 Å². The van der Waals surface area contributed by atoms with Crippen LogP contribution in [-0.4, -0.2) is 23.4 Å². The molecule has 1 fully saturated rings. The number of rotatable bonds is 4. The Labute approximate surface area is 116 Å². The number of hydrogen-bond acceptors (Lipinski definition) is 2. The van der Waals surface area contributed by atoms with Crippen LogP contribution in [0.1, 0.15) is 37.0 Å². The summed E-state index contributed by atoms with van der Waals surface area (Å²) in [6, 6.07) is 5.60. The minimum absolute atomic E-state index is 0.0950. The number of hydrogen-bond donors (Lipinski definition) is 1. The van der Waals surface area contributed by atoms with Crippen molar-refractivity contribution in [2.75, 3.05) is 12.3 Å². The van der Waals surface area contributed by atoms with Crippen LogP contribution in [0, 0.1) is 5.92 Å². The van der Waals surface area contributed by atoms with Gasteiger partial charge in [-0.2, -0.15) is 0 Å². The van der Waals surface area contributed by atoms with Gasteiger partial charge in [0.05, 0.1) is 0 Å². The second-order valence-corrected chi connectivity index (χ2v) is 6.09. The van der Waals surface area contributed by atoms with Gasteiger partial charge in [0.15, 0.2) is 0 Å². The predicted octanol–water partition coefficient (Wildman–Crippen LogP) is 3.29. The highest BCUT2D eigenvalue weighted by molar-refractivity contribution is 9.10. The molecule has 18 heavy (non-hydrogen) atoms. The SMILES string of the molecule is CC(C)N(CC1CC1)C(=O)c1ccc(N)c(Br)c1. The molecule has 0 atom stereocenters. The molecule has 0 aliphatic heterocycles. The van der Waals surface area contributed by atoms with Gasteiger partial charge in [-0.25, -0.2) is 0 Å². The lowest BCUT2D eigenvalue weighted by atomic mass is 10.1. The first kappa shape index (κ1) is 13.4. The third-order valence-corrected chi connectivity index (χ3v) is 3.97. The number of nitrogens with two attached hydrogens (primary N) is 1. The summed E-state index contributed by atoms with van der Waals surface area (Å²) < 4.78 is 0.781. The number of halogens is 1. The average molecular weight is 311 g/mol.